The van der Waals surface area contributed by atoms with Gasteiger partial charge in [0.2, 0.25) is 0 Å². The third-order valence-electron chi connectivity index (χ3n) is 4.55. The number of aryl methyl sites for hydroxylation is 2. The van der Waals surface area contributed by atoms with Gasteiger partial charge < -0.3 is 5.32 Å². The van der Waals surface area contributed by atoms with Crippen molar-refractivity contribution in [1.29, 1.82) is 0 Å². The molecule has 0 spiro atoms. The lowest BCUT2D eigenvalue weighted by Gasteiger charge is -2.12. The highest BCUT2D eigenvalue weighted by Crippen LogP contribution is 2.27. The second-order valence-electron chi connectivity index (χ2n) is 6.37. The van der Waals surface area contributed by atoms with Crippen LogP contribution in [0.2, 0.25) is 0 Å². The first-order chi connectivity index (χ1) is 10.9. The van der Waals surface area contributed by atoms with Crippen LogP contribution in [0.15, 0.2) is 24.3 Å². The zero-order valence-electron chi connectivity index (χ0n) is 13.8. The van der Waals surface area contributed by atoms with Gasteiger partial charge in [-0.3, -0.25) is 4.68 Å². The van der Waals surface area contributed by atoms with Crippen LogP contribution in [-0.2, 0) is 16.4 Å². The Balaban J connectivity index is 1.77. The third kappa shape index (κ3) is 3.42. The predicted octanol–water partition coefficient (Wildman–Crippen LogP) is 2.78. The van der Waals surface area contributed by atoms with Gasteiger partial charge in [0.1, 0.15) is 0 Å². The molecule has 1 aliphatic rings. The highest BCUT2D eigenvalue weighted by atomic mass is 32.2. The first kappa shape index (κ1) is 16.1. The molecule has 1 N–H and O–H groups in total. The first-order valence-corrected chi connectivity index (χ1v) is 9.73. The average molecular weight is 333 g/mol. The summed E-state index contributed by atoms with van der Waals surface area (Å²) in [5, 5.41) is 8.01. The lowest BCUT2D eigenvalue weighted by atomic mass is 10.1. The van der Waals surface area contributed by atoms with E-state index in [1.54, 1.807) is 0 Å². The summed E-state index contributed by atoms with van der Waals surface area (Å²) in [6.07, 6.45) is 0.662. The van der Waals surface area contributed by atoms with Gasteiger partial charge in [-0.2, -0.15) is 5.10 Å². The van der Waals surface area contributed by atoms with Gasteiger partial charge in [0.05, 0.1) is 23.2 Å². The van der Waals surface area contributed by atoms with Gasteiger partial charge in [-0.05, 0) is 39.3 Å². The smallest absolute Gasteiger partial charge is 0.152 e. The lowest BCUT2D eigenvalue weighted by molar-refractivity contribution is 0.485. The zero-order chi connectivity index (χ0) is 16.6. The van der Waals surface area contributed by atoms with Crippen molar-refractivity contribution in [3.8, 4) is 0 Å². The molecule has 124 valence electrons. The highest BCUT2D eigenvalue weighted by Gasteiger charge is 2.31. The summed E-state index contributed by atoms with van der Waals surface area (Å²) in [7, 11) is -2.90. The molecule has 1 saturated heterocycles. The SMILES string of the molecule is Cc1ccc(NCc2c(C)nn(C3CCS(=O)(=O)C3)c2C)cc1. The minimum absolute atomic E-state index is 0.0215. The van der Waals surface area contributed by atoms with Crippen LogP contribution in [0.25, 0.3) is 0 Å². The number of sulfone groups is 1. The fraction of sp³-hybridized carbons (Fsp3) is 0.471. The topological polar surface area (TPSA) is 64.0 Å². The summed E-state index contributed by atoms with van der Waals surface area (Å²) in [5.74, 6) is 0.479. The average Bonchev–Trinajstić information content (AvgIpc) is 2.99. The molecule has 23 heavy (non-hydrogen) atoms. The Kier molecular flexibility index (Phi) is 4.19. The van der Waals surface area contributed by atoms with Crippen LogP contribution in [0.4, 0.5) is 5.69 Å². The predicted molar refractivity (Wildman–Crippen MR) is 92.5 cm³/mol. The van der Waals surface area contributed by atoms with E-state index >= 15 is 0 Å². The third-order valence-corrected chi connectivity index (χ3v) is 6.30. The Morgan fingerprint density at radius 1 is 1.22 bits per heavy atom. The summed E-state index contributed by atoms with van der Waals surface area (Å²) in [6, 6.07) is 8.26. The molecular weight excluding hydrogens is 310 g/mol. The van der Waals surface area contributed by atoms with Gasteiger partial charge in [-0.25, -0.2) is 8.42 Å². The van der Waals surface area contributed by atoms with E-state index in [0.717, 1.165) is 22.6 Å². The van der Waals surface area contributed by atoms with Gasteiger partial charge in [0.25, 0.3) is 0 Å². The Morgan fingerprint density at radius 2 is 1.91 bits per heavy atom. The van der Waals surface area contributed by atoms with E-state index in [2.05, 4.69) is 41.6 Å². The quantitative estimate of drug-likeness (QED) is 0.934. The van der Waals surface area contributed by atoms with Crippen molar-refractivity contribution in [1.82, 2.24) is 9.78 Å². The Morgan fingerprint density at radius 3 is 2.52 bits per heavy atom. The molecule has 1 unspecified atom stereocenters. The summed E-state index contributed by atoms with van der Waals surface area (Å²) in [6.45, 7) is 6.77. The molecule has 3 rings (SSSR count). The van der Waals surface area contributed by atoms with Gasteiger partial charge in [-0.1, -0.05) is 17.7 Å². The molecule has 1 fully saturated rings. The van der Waals surface area contributed by atoms with Crippen LogP contribution < -0.4 is 5.32 Å². The van der Waals surface area contributed by atoms with E-state index in [0.29, 0.717) is 13.0 Å². The molecule has 2 heterocycles. The number of anilines is 1. The molecule has 1 aromatic heterocycles. The van der Waals surface area contributed by atoms with E-state index in [-0.39, 0.29) is 17.5 Å². The summed E-state index contributed by atoms with van der Waals surface area (Å²) >= 11 is 0. The maximum Gasteiger partial charge on any atom is 0.152 e. The van der Waals surface area contributed by atoms with Gasteiger partial charge >= 0.3 is 0 Å². The fourth-order valence-corrected chi connectivity index (χ4v) is 4.83. The van der Waals surface area contributed by atoms with Crippen LogP contribution in [0.1, 0.15) is 35.0 Å². The van der Waals surface area contributed by atoms with Gasteiger partial charge in [0, 0.05) is 23.5 Å². The number of nitrogens with one attached hydrogen (secondary N) is 1. The van der Waals surface area contributed by atoms with Crippen molar-refractivity contribution < 1.29 is 8.42 Å². The second kappa shape index (κ2) is 6.00. The standard InChI is InChI=1S/C17H23N3O2S/c1-12-4-6-15(7-5-12)18-10-17-13(2)19-20(14(17)3)16-8-9-23(21,22)11-16/h4-7,16,18H,8-11H2,1-3H3. The molecule has 6 heteroatoms. The van der Waals surface area contributed by atoms with Gasteiger partial charge in [0.15, 0.2) is 9.84 Å². The monoisotopic (exact) mass is 333 g/mol. The fourth-order valence-electron chi connectivity index (χ4n) is 3.14. The summed E-state index contributed by atoms with van der Waals surface area (Å²) in [4.78, 5) is 0. The van der Waals surface area contributed by atoms with Gasteiger partial charge in [-0.15, -0.1) is 0 Å². The molecule has 0 aliphatic carbocycles. The van der Waals surface area contributed by atoms with Crippen LogP contribution >= 0.6 is 0 Å². The van der Waals surface area contributed by atoms with Crippen molar-refractivity contribution in [2.75, 3.05) is 16.8 Å². The molecule has 1 aliphatic heterocycles. The molecular formula is C17H23N3O2S. The van der Waals surface area contributed by atoms with E-state index in [4.69, 9.17) is 0 Å². The largest absolute Gasteiger partial charge is 0.381 e. The molecule has 1 atom stereocenters. The lowest BCUT2D eigenvalue weighted by Crippen LogP contribution is -2.14. The van der Waals surface area contributed by atoms with Crippen molar-refractivity contribution in [3.63, 3.8) is 0 Å². The molecule has 0 saturated carbocycles. The molecule has 0 bridgehead atoms. The van der Waals surface area contributed by atoms with Crippen LogP contribution in [0.5, 0.6) is 0 Å². The molecule has 2 aromatic rings. The number of rotatable bonds is 4. The first-order valence-electron chi connectivity index (χ1n) is 7.91. The number of hydrogen-bond acceptors (Lipinski definition) is 4. The van der Waals surface area contributed by atoms with Crippen molar-refractivity contribution in [3.05, 3.63) is 46.8 Å². The van der Waals surface area contributed by atoms with Crippen LogP contribution in [-0.4, -0.2) is 29.7 Å². The van der Waals surface area contributed by atoms with Crippen LogP contribution in [0, 0.1) is 20.8 Å². The van der Waals surface area contributed by atoms with E-state index in [1.807, 2.05) is 18.5 Å². The molecule has 0 amide bonds. The van der Waals surface area contributed by atoms with Crippen molar-refractivity contribution in [2.24, 2.45) is 0 Å². The molecule has 5 nitrogen and oxygen atoms in total. The number of nitrogens with zero attached hydrogens (tertiary/aromatic N) is 2. The van der Waals surface area contributed by atoms with E-state index in [9.17, 15) is 8.42 Å². The van der Waals surface area contributed by atoms with Crippen LogP contribution in [0.3, 0.4) is 0 Å². The maximum atomic E-state index is 11.7. The van der Waals surface area contributed by atoms with E-state index < -0.39 is 9.84 Å². The van der Waals surface area contributed by atoms with Crippen molar-refractivity contribution >= 4 is 15.5 Å². The van der Waals surface area contributed by atoms with Crippen molar-refractivity contribution in [2.45, 2.75) is 39.8 Å². The number of hydrogen-bond donors (Lipinski definition) is 1. The highest BCUT2D eigenvalue weighted by molar-refractivity contribution is 7.91. The maximum absolute atomic E-state index is 11.7. The Hall–Kier alpha value is -1.82. The Bertz CT molecular complexity index is 807. The molecule has 0 radical (unpaired) electrons. The van der Waals surface area contributed by atoms with E-state index in [1.165, 1.54) is 5.56 Å². The number of benzene rings is 1. The minimum atomic E-state index is -2.90. The number of aromatic nitrogens is 2. The summed E-state index contributed by atoms with van der Waals surface area (Å²) in [5.41, 5.74) is 5.48. The summed E-state index contributed by atoms with van der Waals surface area (Å²) < 4.78 is 25.3. The zero-order valence-corrected chi connectivity index (χ0v) is 14.7. The molecule has 1 aromatic carbocycles. The Labute approximate surface area is 137 Å². The second-order valence-corrected chi connectivity index (χ2v) is 8.60. The normalized spacial score (nSPS) is 19.9. The minimum Gasteiger partial charge on any atom is -0.381 e.